The van der Waals surface area contributed by atoms with E-state index in [1.807, 2.05) is 48.5 Å². The van der Waals surface area contributed by atoms with Crippen LogP contribution < -0.4 is 0 Å². The molecule has 0 N–H and O–H groups in total. The minimum absolute atomic E-state index is 0.0377. The molecule has 0 radical (unpaired) electrons. The summed E-state index contributed by atoms with van der Waals surface area (Å²) in [6.45, 7) is 0. The van der Waals surface area contributed by atoms with Gasteiger partial charge in [-0.25, -0.2) is 4.98 Å². The highest BCUT2D eigenvalue weighted by Crippen LogP contribution is 2.28. The Labute approximate surface area is 176 Å². The molecular weight excluding hydrogens is 394 g/mol. The normalized spacial score (nSPS) is 11.4. The number of nitrogens with zero attached hydrogens (tertiary/aromatic N) is 3. The molecule has 5 rings (SSSR count). The first-order chi connectivity index (χ1) is 15.2. The molecule has 0 unspecified atom stereocenters. The van der Waals surface area contributed by atoms with Crippen molar-refractivity contribution in [1.82, 2.24) is 4.98 Å². The molecule has 0 saturated heterocycles. The molecule has 0 aliphatic heterocycles. The zero-order valence-electron chi connectivity index (χ0n) is 16.1. The lowest BCUT2D eigenvalue weighted by atomic mass is 10.1. The minimum Gasteiger partial charge on any atom is -0.455 e. The number of furan rings is 1. The van der Waals surface area contributed by atoms with Gasteiger partial charge in [-0.15, -0.1) is 0 Å². The van der Waals surface area contributed by atoms with Crippen LogP contribution >= 0.6 is 0 Å². The van der Waals surface area contributed by atoms with Crippen LogP contribution in [0.25, 0.3) is 33.9 Å². The van der Waals surface area contributed by atoms with E-state index in [0.29, 0.717) is 28.7 Å². The van der Waals surface area contributed by atoms with Crippen LogP contribution in [0, 0.1) is 10.1 Å². The molecule has 0 saturated carbocycles. The van der Waals surface area contributed by atoms with Gasteiger partial charge in [0.15, 0.2) is 5.58 Å². The van der Waals surface area contributed by atoms with Crippen LogP contribution in [0.5, 0.6) is 0 Å². The molecule has 0 atom stereocenters. The van der Waals surface area contributed by atoms with Gasteiger partial charge in [0.1, 0.15) is 17.0 Å². The number of hydrogen-bond acceptors (Lipinski definition) is 6. The maximum absolute atomic E-state index is 10.8. The molecule has 2 aromatic heterocycles. The second-order valence-corrected chi connectivity index (χ2v) is 6.80. The second-order valence-electron chi connectivity index (χ2n) is 6.80. The largest absolute Gasteiger partial charge is 0.455 e. The van der Waals surface area contributed by atoms with E-state index in [0.717, 1.165) is 16.6 Å². The number of aliphatic imine (C=N–C) groups is 1. The summed E-state index contributed by atoms with van der Waals surface area (Å²) in [5.41, 5.74) is 3.83. The predicted octanol–water partition coefficient (Wildman–Crippen LogP) is 6.41. The number of aromatic nitrogens is 1. The number of oxazole rings is 1. The molecule has 3 aromatic carbocycles. The Morgan fingerprint density at radius 1 is 0.871 bits per heavy atom. The van der Waals surface area contributed by atoms with Crippen molar-refractivity contribution in [3.05, 3.63) is 101 Å². The Kier molecular flexibility index (Phi) is 4.61. The molecule has 2 heterocycles. The third-order valence-corrected chi connectivity index (χ3v) is 4.72. The second kappa shape index (κ2) is 7.72. The van der Waals surface area contributed by atoms with Crippen molar-refractivity contribution in [2.75, 3.05) is 0 Å². The lowest BCUT2D eigenvalue weighted by Crippen LogP contribution is -1.86. The van der Waals surface area contributed by atoms with E-state index in [-0.39, 0.29) is 5.69 Å². The summed E-state index contributed by atoms with van der Waals surface area (Å²) in [4.78, 5) is 19.4. The summed E-state index contributed by atoms with van der Waals surface area (Å²) < 4.78 is 11.6. The quantitative estimate of drug-likeness (QED) is 0.190. The van der Waals surface area contributed by atoms with E-state index in [1.54, 1.807) is 30.5 Å². The number of nitro benzene ring substituents is 1. The number of rotatable bonds is 5. The summed E-state index contributed by atoms with van der Waals surface area (Å²) in [5.74, 6) is 1.74. The first-order valence-corrected chi connectivity index (χ1v) is 9.50. The maximum Gasteiger partial charge on any atom is 0.269 e. The van der Waals surface area contributed by atoms with Crippen molar-refractivity contribution in [1.29, 1.82) is 0 Å². The van der Waals surface area contributed by atoms with Crippen molar-refractivity contribution in [2.45, 2.75) is 0 Å². The monoisotopic (exact) mass is 409 g/mol. The Bertz CT molecular complexity index is 1400. The summed E-state index contributed by atoms with van der Waals surface area (Å²) in [7, 11) is 0. The highest BCUT2D eigenvalue weighted by Gasteiger charge is 2.09. The molecule has 5 aromatic rings. The van der Waals surface area contributed by atoms with Crippen LogP contribution in [0.3, 0.4) is 0 Å². The topological polar surface area (TPSA) is 94.7 Å². The van der Waals surface area contributed by atoms with Crippen LogP contribution in [0.15, 0.2) is 98.8 Å². The number of benzene rings is 3. The van der Waals surface area contributed by atoms with Crippen LogP contribution in [0.4, 0.5) is 11.4 Å². The van der Waals surface area contributed by atoms with E-state index in [9.17, 15) is 10.1 Å². The highest BCUT2D eigenvalue weighted by atomic mass is 16.6. The summed E-state index contributed by atoms with van der Waals surface area (Å²) in [5, 5.41) is 10.8. The van der Waals surface area contributed by atoms with E-state index >= 15 is 0 Å². The third kappa shape index (κ3) is 3.84. The molecular formula is C24H15N3O4. The molecule has 7 heteroatoms. The number of non-ortho nitro benzene ring substituents is 1. The molecule has 0 spiro atoms. The lowest BCUT2D eigenvalue weighted by Gasteiger charge is -1.96. The number of nitro groups is 1. The average Bonchev–Trinajstić information content (AvgIpc) is 3.45. The predicted molar refractivity (Wildman–Crippen MR) is 117 cm³/mol. The zero-order chi connectivity index (χ0) is 21.2. The van der Waals surface area contributed by atoms with Crippen LogP contribution in [-0.2, 0) is 0 Å². The summed E-state index contributed by atoms with van der Waals surface area (Å²) in [6, 6.07) is 25.0. The van der Waals surface area contributed by atoms with Crippen LogP contribution in [0.1, 0.15) is 5.76 Å². The van der Waals surface area contributed by atoms with E-state index < -0.39 is 4.92 Å². The minimum atomic E-state index is -0.432. The van der Waals surface area contributed by atoms with Gasteiger partial charge in [0.05, 0.1) is 16.8 Å². The lowest BCUT2D eigenvalue weighted by molar-refractivity contribution is -0.384. The van der Waals surface area contributed by atoms with Gasteiger partial charge in [-0.1, -0.05) is 18.2 Å². The van der Waals surface area contributed by atoms with Crippen molar-refractivity contribution in [2.24, 2.45) is 4.99 Å². The molecule has 0 aliphatic carbocycles. The van der Waals surface area contributed by atoms with Gasteiger partial charge in [-0.05, 0) is 54.6 Å². The zero-order valence-corrected chi connectivity index (χ0v) is 16.1. The highest BCUT2D eigenvalue weighted by molar-refractivity contribution is 5.83. The Morgan fingerprint density at radius 3 is 2.45 bits per heavy atom. The fourth-order valence-corrected chi connectivity index (χ4v) is 3.16. The first kappa shape index (κ1) is 18.5. The van der Waals surface area contributed by atoms with Gasteiger partial charge in [0.25, 0.3) is 5.69 Å². The van der Waals surface area contributed by atoms with Gasteiger partial charge in [-0.2, -0.15) is 0 Å². The van der Waals surface area contributed by atoms with Gasteiger partial charge in [0.2, 0.25) is 5.89 Å². The fraction of sp³-hybridized carbons (Fsp3) is 0. The number of fused-ring (bicyclic) bond motifs is 1. The van der Waals surface area contributed by atoms with Crippen molar-refractivity contribution in [3.63, 3.8) is 0 Å². The SMILES string of the molecule is O=[N+]([O-])c1ccc(-c2ccc(C=Nc3ccc4oc(-c5ccccc5)nc4c3)o2)cc1. The third-order valence-electron chi connectivity index (χ3n) is 4.72. The summed E-state index contributed by atoms with van der Waals surface area (Å²) in [6.07, 6.45) is 1.62. The van der Waals surface area contributed by atoms with Crippen LogP contribution in [-0.4, -0.2) is 16.1 Å². The standard InChI is InChI=1S/C24H15N3O4/c28-27(29)19-9-6-16(7-10-19)22-13-11-20(30-22)15-25-18-8-12-23-21(14-18)26-24(31-23)17-4-2-1-3-5-17/h1-15H. The molecule has 0 bridgehead atoms. The first-order valence-electron chi connectivity index (χ1n) is 9.50. The van der Waals surface area contributed by atoms with Crippen LogP contribution in [0.2, 0.25) is 0 Å². The summed E-state index contributed by atoms with van der Waals surface area (Å²) >= 11 is 0. The van der Waals surface area contributed by atoms with Gasteiger partial charge >= 0.3 is 0 Å². The van der Waals surface area contributed by atoms with E-state index in [4.69, 9.17) is 8.83 Å². The Balaban J connectivity index is 1.36. The molecule has 0 aliphatic rings. The van der Waals surface area contributed by atoms with Gasteiger partial charge in [-0.3, -0.25) is 15.1 Å². The molecule has 31 heavy (non-hydrogen) atoms. The molecule has 150 valence electrons. The van der Waals surface area contributed by atoms with Crippen molar-refractivity contribution < 1.29 is 13.8 Å². The van der Waals surface area contributed by atoms with Gasteiger partial charge < -0.3 is 8.83 Å². The Hall–Kier alpha value is -4.52. The maximum atomic E-state index is 10.8. The molecule has 0 amide bonds. The van der Waals surface area contributed by atoms with E-state index in [2.05, 4.69) is 9.98 Å². The smallest absolute Gasteiger partial charge is 0.269 e. The fourth-order valence-electron chi connectivity index (χ4n) is 3.16. The molecule has 0 fully saturated rings. The average molecular weight is 409 g/mol. The Morgan fingerprint density at radius 2 is 1.68 bits per heavy atom. The van der Waals surface area contributed by atoms with Crippen molar-refractivity contribution >= 4 is 28.7 Å². The van der Waals surface area contributed by atoms with Gasteiger partial charge in [0, 0.05) is 23.3 Å². The number of hydrogen-bond donors (Lipinski definition) is 0. The van der Waals surface area contributed by atoms with Crippen molar-refractivity contribution in [3.8, 4) is 22.8 Å². The van der Waals surface area contributed by atoms with E-state index in [1.165, 1.54) is 12.1 Å². The molecule has 7 nitrogen and oxygen atoms in total.